The van der Waals surface area contributed by atoms with Gasteiger partial charge in [0, 0.05) is 37.5 Å². The third kappa shape index (κ3) is 8.54. The van der Waals surface area contributed by atoms with Gasteiger partial charge in [-0.2, -0.15) is 0 Å². The van der Waals surface area contributed by atoms with Gasteiger partial charge in [-0.3, -0.25) is 4.79 Å². The summed E-state index contributed by atoms with van der Waals surface area (Å²) in [5, 5.41) is 36.1. The largest absolute Gasteiger partial charge is 0.508 e. The fraction of sp³-hybridized carbons (Fsp3) is 0.600. The molecule has 1 aliphatic heterocycles. The second-order valence-electron chi connectivity index (χ2n) is 10.7. The van der Waals surface area contributed by atoms with Crippen molar-refractivity contribution in [1.82, 2.24) is 0 Å². The Kier molecular flexibility index (Phi) is 12.6. The van der Waals surface area contributed by atoms with Crippen LogP contribution in [-0.4, -0.2) is 66.0 Å². The lowest BCUT2D eigenvalue weighted by Gasteiger charge is -2.31. The number of anilines is 1. The van der Waals surface area contributed by atoms with E-state index in [-0.39, 0.29) is 17.6 Å². The minimum absolute atomic E-state index is 0.0185. The Hall–Kier alpha value is -2.92. The summed E-state index contributed by atoms with van der Waals surface area (Å²) in [6.07, 6.45) is 0.311. The highest BCUT2D eigenvalue weighted by Gasteiger charge is 2.32. The van der Waals surface area contributed by atoms with Crippen LogP contribution in [0.25, 0.3) is 0 Å². The van der Waals surface area contributed by atoms with E-state index in [2.05, 4.69) is 5.32 Å². The molecule has 7 atom stereocenters. The van der Waals surface area contributed by atoms with Crippen molar-refractivity contribution in [3.05, 3.63) is 46.6 Å². The van der Waals surface area contributed by atoms with E-state index in [9.17, 15) is 24.9 Å². The highest BCUT2D eigenvalue weighted by Crippen LogP contribution is 2.36. The standard InChI is InChI=1S/C30H46N2O8/c1-8-21-22-14-20(15-23(21)33)32-29(36)16(2)10-9-11-24(38-6)28(40-30(31)37)19(5)12-17(3)27(35)25(39-7)13-18(4)26(22)34/h10,12,14-15,17-18,24-28,33-35H,8-9,11,13H2,1-7H3,(H2,31,37)(H,32,36)/b16-10+,19-12+/t17-,18-,24-,25-,26+,27+,28-/m0/s1. The number of primary amides is 1. The molecule has 1 aliphatic rings. The first-order valence-corrected chi connectivity index (χ1v) is 13.7. The summed E-state index contributed by atoms with van der Waals surface area (Å²) in [5.41, 5.74) is 7.90. The van der Waals surface area contributed by atoms with E-state index in [1.54, 1.807) is 32.1 Å². The molecule has 2 bridgehead atoms. The molecule has 0 radical (unpaired) electrons. The van der Waals surface area contributed by atoms with Crippen molar-refractivity contribution in [3.8, 4) is 5.75 Å². The average Bonchev–Trinajstić information content (AvgIpc) is 2.90. The van der Waals surface area contributed by atoms with Gasteiger partial charge in [-0.1, -0.05) is 32.9 Å². The van der Waals surface area contributed by atoms with Crippen molar-refractivity contribution in [2.45, 2.75) is 90.8 Å². The maximum absolute atomic E-state index is 12.9. The predicted molar refractivity (Wildman–Crippen MR) is 153 cm³/mol. The number of nitrogens with one attached hydrogen (secondary N) is 1. The maximum Gasteiger partial charge on any atom is 0.405 e. The minimum Gasteiger partial charge on any atom is -0.508 e. The summed E-state index contributed by atoms with van der Waals surface area (Å²) in [7, 11) is 3.00. The number of hydrogen-bond donors (Lipinski definition) is 5. The highest BCUT2D eigenvalue weighted by atomic mass is 16.6. The fourth-order valence-electron chi connectivity index (χ4n) is 5.29. The van der Waals surface area contributed by atoms with Gasteiger partial charge >= 0.3 is 6.09 Å². The molecule has 1 heterocycles. The first-order valence-electron chi connectivity index (χ1n) is 13.7. The summed E-state index contributed by atoms with van der Waals surface area (Å²) in [6, 6.07) is 3.15. The van der Waals surface area contributed by atoms with E-state index in [1.807, 2.05) is 20.8 Å². The molecule has 10 heteroatoms. The first kappa shape index (κ1) is 33.3. The maximum atomic E-state index is 12.9. The molecular weight excluding hydrogens is 516 g/mol. The number of methoxy groups -OCH3 is 2. The molecule has 0 spiro atoms. The SMILES string of the molecule is CCc1c(O)cc2cc1[C@H](O)[C@@H](C)C[C@H](OC)[C@H](O)[C@@H](C)/C=C(\C)[C@H](OC(N)=O)[C@@H](OC)CC/C=C(\C)C(=O)N2. The highest BCUT2D eigenvalue weighted by molar-refractivity contribution is 6.03. The number of amides is 2. The quantitative estimate of drug-likeness (QED) is 0.342. The van der Waals surface area contributed by atoms with Crippen molar-refractivity contribution >= 4 is 17.7 Å². The third-order valence-electron chi connectivity index (χ3n) is 7.67. The molecule has 6 N–H and O–H groups in total. The van der Waals surface area contributed by atoms with Crippen molar-refractivity contribution in [2.24, 2.45) is 17.6 Å². The number of rotatable bonds is 4. The van der Waals surface area contributed by atoms with Crippen molar-refractivity contribution in [1.29, 1.82) is 0 Å². The Bertz CT molecular complexity index is 1090. The Morgan fingerprint density at radius 1 is 1.12 bits per heavy atom. The zero-order chi connectivity index (χ0) is 30.1. The fourth-order valence-corrected chi connectivity index (χ4v) is 5.29. The van der Waals surface area contributed by atoms with Gasteiger partial charge in [-0.05, 0) is 68.2 Å². The summed E-state index contributed by atoms with van der Waals surface area (Å²) in [4.78, 5) is 24.7. The van der Waals surface area contributed by atoms with E-state index < -0.39 is 42.5 Å². The topological polar surface area (TPSA) is 161 Å². The van der Waals surface area contributed by atoms with E-state index in [4.69, 9.17) is 19.9 Å². The van der Waals surface area contributed by atoms with Crippen LogP contribution < -0.4 is 11.1 Å². The molecular formula is C30H46N2O8. The van der Waals surface area contributed by atoms with Crippen LogP contribution in [0.1, 0.15) is 71.1 Å². The predicted octanol–water partition coefficient (Wildman–Crippen LogP) is 4.13. The molecule has 0 saturated carbocycles. The van der Waals surface area contributed by atoms with Crippen LogP contribution in [0, 0.1) is 11.8 Å². The lowest BCUT2D eigenvalue weighted by Crippen LogP contribution is -2.38. The van der Waals surface area contributed by atoms with Gasteiger partial charge in [0.25, 0.3) is 5.91 Å². The molecule has 1 aromatic rings. The molecule has 0 fully saturated rings. The molecule has 2 rings (SSSR count). The van der Waals surface area contributed by atoms with Crippen LogP contribution >= 0.6 is 0 Å². The van der Waals surface area contributed by atoms with Crippen molar-refractivity contribution in [3.63, 3.8) is 0 Å². The number of aromatic hydroxyl groups is 1. The van der Waals surface area contributed by atoms with Gasteiger partial charge in [0.1, 0.15) is 5.75 Å². The number of carbonyl (C=O) groups excluding carboxylic acids is 2. The summed E-state index contributed by atoms with van der Waals surface area (Å²) >= 11 is 0. The van der Waals surface area contributed by atoms with E-state index in [1.165, 1.54) is 20.3 Å². The number of hydrogen-bond acceptors (Lipinski definition) is 8. The second-order valence-corrected chi connectivity index (χ2v) is 10.7. The minimum atomic E-state index is -0.996. The lowest BCUT2D eigenvalue weighted by atomic mass is 9.85. The number of nitrogens with two attached hydrogens (primary N) is 1. The van der Waals surface area contributed by atoms with Crippen LogP contribution in [-0.2, 0) is 25.4 Å². The van der Waals surface area contributed by atoms with Gasteiger partial charge in [0.15, 0.2) is 6.10 Å². The van der Waals surface area contributed by atoms with Crippen molar-refractivity contribution < 1.29 is 39.1 Å². The van der Waals surface area contributed by atoms with E-state index in [0.29, 0.717) is 53.6 Å². The number of carbonyl (C=O) groups is 2. The molecule has 1 aromatic carbocycles. The van der Waals surface area contributed by atoms with Gasteiger partial charge < -0.3 is 40.6 Å². The zero-order valence-corrected chi connectivity index (χ0v) is 24.6. The van der Waals surface area contributed by atoms with E-state index >= 15 is 0 Å². The number of phenols is 1. The van der Waals surface area contributed by atoms with Gasteiger partial charge in [0.2, 0.25) is 0 Å². The Balaban J connectivity index is 2.59. The molecule has 2 amide bonds. The lowest BCUT2D eigenvalue weighted by molar-refractivity contribution is -0.112. The number of aliphatic hydroxyl groups is 2. The molecule has 0 unspecified atom stereocenters. The number of aliphatic hydroxyl groups excluding tert-OH is 2. The number of ether oxygens (including phenoxy) is 3. The Labute approximate surface area is 237 Å². The van der Waals surface area contributed by atoms with E-state index in [0.717, 1.165) is 0 Å². The van der Waals surface area contributed by atoms with Gasteiger partial charge in [0.05, 0.1) is 24.4 Å². The summed E-state index contributed by atoms with van der Waals surface area (Å²) < 4.78 is 16.7. The molecule has 0 aromatic heterocycles. The second kappa shape index (κ2) is 15.2. The molecule has 0 saturated heterocycles. The molecule has 10 nitrogen and oxygen atoms in total. The van der Waals surface area contributed by atoms with Crippen LogP contribution in [0.3, 0.4) is 0 Å². The molecule has 0 aliphatic carbocycles. The number of phenolic OH excluding ortho intramolecular Hbond substituents is 1. The van der Waals surface area contributed by atoms with Gasteiger partial charge in [-0.25, -0.2) is 4.79 Å². The van der Waals surface area contributed by atoms with Crippen molar-refractivity contribution in [2.75, 3.05) is 19.5 Å². The smallest absolute Gasteiger partial charge is 0.405 e. The van der Waals surface area contributed by atoms with Crippen LogP contribution in [0.15, 0.2) is 35.4 Å². The number of allylic oxidation sites excluding steroid dienone is 1. The Morgan fingerprint density at radius 3 is 2.35 bits per heavy atom. The average molecular weight is 563 g/mol. The molecule has 224 valence electrons. The monoisotopic (exact) mass is 562 g/mol. The third-order valence-corrected chi connectivity index (χ3v) is 7.67. The van der Waals surface area contributed by atoms with Crippen LogP contribution in [0.2, 0.25) is 0 Å². The molecule has 40 heavy (non-hydrogen) atoms. The Morgan fingerprint density at radius 2 is 1.77 bits per heavy atom. The number of benzene rings is 1. The van der Waals surface area contributed by atoms with Crippen LogP contribution in [0.4, 0.5) is 10.5 Å². The van der Waals surface area contributed by atoms with Gasteiger partial charge in [-0.15, -0.1) is 0 Å². The summed E-state index contributed by atoms with van der Waals surface area (Å²) in [5.74, 6) is -1.16. The zero-order valence-electron chi connectivity index (χ0n) is 24.6. The summed E-state index contributed by atoms with van der Waals surface area (Å²) in [6.45, 7) is 9.00. The first-order chi connectivity index (χ1) is 18.8. The number of fused-ring (bicyclic) bond motifs is 2. The normalized spacial score (nSPS) is 31.8. The van der Waals surface area contributed by atoms with Crippen LogP contribution in [0.5, 0.6) is 5.75 Å².